The van der Waals surface area contributed by atoms with Crippen molar-refractivity contribution in [3.63, 3.8) is 0 Å². The van der Waals surface area contributed by atoms with Gasteiger partial charge in [-0.1, -0.05) is 24.6 Å². The molecule has 4 aliphatic carbocycles. The molecule has 32 heavy (non-hydrogen) atoms. The SMILES string of the molecule is CCN(CC)c1ccc([C@H]2C[C@@]3(C)[C@@H](CC[C@]3(C)O)[C@@H]3CCC4=CC(=O)CC[C@@H]4[C@H]32)cc1. The number of nitrogens with zero attached hydrogens (tertiary/aromatic N) is 1. The van der Waals surface area contributed by atoms with Gasteiger partial charge in [0.25, 0.3) is 0 Å². The van der Waals surface area contributed by atoms with E-state index >= 15 is 0 Å². The number of carbonyl (C=O) groups excluding carboxylic acids is 1. The summed E-state index contributed by atoms with van der Waals surface area (Å²) in [6.45, 7) is 11.0. The van der Waals surface area contributed by atoms with E-state index in [1.807, 2.05) is 6.08 Å². The fourth-order valence-electron chi connectivity index (χ4n) is 8.39. The van der Waals surface area contributed by atoms with Gasteiger partial charge in [-0.15, -0.1) is 0 Å². The van der Waals surface area contributed by atoms with Crippen LogP contribution in [0.2, 0.25) is 0 Å². The predicted octanol–water partition coefficient (Wildman–Crippen LogP) is 6.12. The first kappa shape index (κ1) is 22.2. The zero-order valence-electron chi connectivity index (χ0n) is 20.4. The minimum Gasteiger partial charge on any atom is -0.390 e. The number of anilines is 1. The molecule has 0 saturated heterocycles. The van der Waals surface area contributed by atoms with E-state index in [4.69, 9.17) is 0 Å². The van der Waals surface area contributed by atoms with Crippen molar-refractivity contribution in [2.45, 2.75) is 84.2 Å². The number of fused-ring (bicyclic) bond motifs is 5. The van der Waals surface area contributed by atoms with Crippen molar-refractivity contribution in [3.05, 3.63) is 41.5 Å². The van der Waals surface area contributed by atoms with E-state index in [2.05, 4.69) is 56.9 Å². The molecule has 3 nitrogen and oxygen atoms in total. The van der Waals surface area contributed by atoms with Crippen LogP contribution in [0.15, 0.2) is 35.9 Å². The van der Waals surface area contributed by atoms with Crippen LogP contribution in [0.1, 0.15) is 84.1 Å². The lowest BCUT2D eigenvalue weighted by atomic mass is 9.47. The van der Waals surface area contributed by atoms with Crippen LogP contribution in [0.4, 0.5) is 5.69 Å². The van der Waals surface area contributed by atoms with Crippen LogP contribution in [-0.4, -0.2) is 29.6 Å². The van der Waals surface area contributed by atoms with Crippen LogP contribution in [-0.2, 0) is 4.79 Å². The van der Waals surface area contributed by atoms with Gasteiger partial charge in [-0.3, -0.25) is 4.79 Å². The summed E-state index contributed by atoms with van der Waals surface area (Å²) in [7, 11) is 0. The maximum atomic E-state index is 12.2. The van der Waals surface area contributed by atoms with Crippen molar-refractivity contribution in [3.8, 4) is 0 Å². The summed E-state index contributed by atoms with van der Waals surface area (Å²) in [5.41, 5.74) is 3.57. The van der Waals surface area contributed by atoms with Crippen LogP contribution in [0.3, 0.4) is 0 Å². The molecule has 1 aromatic carbocycles. The molecule has 0 aliphatic heterocycles. The van der Waals surface area contributed by atoms with Crippen LogP contribution in [0, 0.1) is 29.1 Å². The van der Waals surface area contributed by atoms with Crippen molar-refractivity contribution in [1.82, 2.24) is 0 Å². The zero-order valence-corrected chi connectivity index (χ0v) is 20.4. The van der Waals surface area contributed by atoms with Gasteiger partial charge in [-0.05, 0) is 118 Å². The Bertz CT molecular complexity index is 896. The van der Waals surface area contributed by atoms with Crippen molar-refractivity contribution in [2.75, 3.05) is 18.0 Å². The molecule has 0 amide bonds. The molecular weight excluding hydrogens is 394 g/mol. The quantitative estimate of drug-likeness (QED) is 0.619. The van der Waals surface area contributed by atoms with Gasteiger partial charge in [0.05, 0.1) is 5.60 Å². The molecule has 0 radical (unpaired) electrons. The van der Waals surface area contributed by atoms with Crippen LogP contribution in [0.25, 0.3) is 0 Å². The maximum Gasteiger partial charge on any atom is 0.155 e. The molecule has 174 valence electrons. The molecule has 0 aromatic heterocycles. The van der Waals surface area contributed by atoms with Gasteiger partial charge in [0.2, 0.25) is 0 Å². The fraction of sp³-hybridized carbons (Fsp3) is 0.690. The van der Waals surface area contributed by atoms with E-state index < -0.39 is 5.60 Å². The van der Waals surface area contributed by atoms with Gasteiger partial charge in [-0.2, -0.15) is 0 Å². The van der Waals surface area contributed by atoms with Gasteiger partial charge in [0.1, 0.15) is 0 Å². The average Bonchev–Trinajstić information content (AvgIpc) is 3.03. The van der Waals surface area contributed by atoms with E-state index in [1.54, 1.807) is 0 Å². The summed E-state index contributed by atoms with van der Waals surface area (Å²) in [5, 5.41) is 11.5. The Morgan fingerprint density at radius 2 is 1.72 bits per heavy atom. The first-order valence-electron chi connectivity index (χ1n) is 13.1. The van der Waals surface area contributed by atoms with Crippen LogP contribution in [0.5, 0.6) is 0 Å². The number of carbonyl (C=O) groups is 1. The molecule has 3 saturated carbocycles. The Balaban J connectivity index is 1.55. The Labute approximate surface area is 194 Å². The summed E-state index contributed by atoms with van der Waals surface area (Å²) in [4.78, 5) is 14.6. The third-order valence-corrected chi connectivity index (χ3v) is 10.3. The molecule has 1 N–H and O–H groups in total. The third-order valence-electron chi connectivity index (χ3n) is 10.3. The summed E-state index contributed by atoms with van der Waals surface area (Å²) in [6.07, 6.45) is 9.16. The molecule has 7 atom stereocenters. The minimum atomic E-state index is -0.583. The van der Waals surface area contributed by atoms with Crippen molar-refractivity contribution in [1.29, 1.82) is 0 Å². The first-order valence-corrected chi connectivity index (χ1v) is 13.1. The van der Waals surface area contributed by atoms with Gasteiger partial charge in [-0.25, -0.2) is 0 Å². The Morgan fingerprint density at radius 3 is 2.41 bits per heavy atom. The summed E-state index contributed by atoms with van der Waals surface area (Å²) < 4.78 is 0. The lowest BCUT2D eigenvalue weighted by molar-refractivity contribution is -0.120. The first-order chi connectivity index (χ1) is 15.3. The Kier molecular flexibility index (Phi) is 5.55. The molecule has 3 fully saturated rings. The molecule has 0 bridgehead atoms. The third kappa shape index (κ3) is 3.30. The molecule has 3 heteroatoms. The van der Waals surface area contributed by atoms with Crippen molar-refractivity contribution in [2.24, 2.45) is 29.1 Å². The summed E-state index contributed by atoms with van der Waals surface area (Å²) >= 11 is 0. The number of benzene rings is 1. The summed E-state index contributed by atoms with van der Waals surface area (Å²) in [6, 6.07) is 9.36. The lowest BCUT2D eigenvalue weighted by Crippen LogP contribution is -2.54. The Morgan fingerprint density at radius 1 is 1.00 bits per heavy atom. The summed E-state index contributed by atoms with van der Waals surface area (Å²) in [5.74, 6) is 3.21. The monoisotopic (exact) mass is 435 g/mol. The molecule has 0 unspecified atom stereocenters. The molecular formula is C29H41NO2. The molecule has 1 aromatic rings. The predicted molar refractivity (Wildman–Crippen MR) is 131 cm³/mol. The van der Waals surface area contributed by atoms with Crippen LogP contribution < -0.4 is 4.90 Å². The molecule has 4 aliphatic rings. The average molecular weight is 436 g/mol. The van der Waals surface area contributed by atoms with Gasteiger partial charge in [0.15, 0.2) is 5.78 Å². The Hall–Kier alpha value is -1.61. The minimum absolute atomic E-state index is 0.0257. The number of hydrogen-bond donors (Lipinski definition) is 1. The smallest absolute Gasteiger partial charge is 0.155 e. The van der Waals surface area contributed by atoms with E-state index in [9.17, 15) is 9.90 Å². The van der Waals surface area contributed by atoms with Crippen LogP contribution >= 0.6 is 0 Å². The van der Waals surface area contributed by atoms with E-state index in [1.165, 1.54) is 23.2 Å². The molecule has 0 spiro atoms. The van der Waals surface area contributed by atoms with Gasteiger partial charge < -0.3 is 10.0 Å². The highest BCUT2D eigenvalue weighted by Crippen LogP contribution is 2.68. The van der Waals surface area contributed by atoms with Gasteiger partial charge >= 0.3 is 0 Å². The normalized spacial score (nSPS) is 40.8. The van der Waals surface area contributed by atoms with E-state index in [-0.39, 0.29) is 5.41 Å². The van der Waals surface area contributed by atoms with Crippen molar-refractivity contribution >= 4 is 11.5 Å². The highest BCUT2D eigenvalue weighted by Gasteiger charge is 2.63. The number of aliphatic hydroxyl groups is 1. The van der Waals surface area contributed by atoms with Crippen molar-refractivity contribution < 1.29 is 9.90 Å². The van der Waals surface area contributed by atoms with E-state index in [0.717, 1.165) is 45.2 Å². The number of rotatable bonds is 4. The standard InChI is InChI=1S/C29H41NO2/c1-5-30(6-2)21-10-7-19(8-11-21)25-18-28(3)26(15-16-29(28,4)32)24-13-9-20-17-22(31)12-14-23(20)27(24)25/h7-8,10-11,17,23-27,32H,5-6,9,12-16,18H2,1-4H3/t23-,24-,25+,26-,27+,28-,29-/m0/s1. The zero-order chi connectivity index (χ0) is 22.7. The number of allylic oxidation sites excluding steroid dienone is 1. The fourth-order valence-corrected chi connectivity index (χ4v) is 8.39. The highest BCUT2D eigenvalue weighted by molar-refractivity contribution is 5.91. The topological polar surface area (TPSA) is 40.5 Å². The molecule has 0 heterocycles. The number of ketones is 1. The highest BCUT2D eigenvalue weighted by atomic mass is 16.3. The second-order valence-electron chi connectivity index (χ2n) is 11.5. The maximum absolute atomic E-state index is 12.2. The largest absolute Gasteiger partial charge is 0.390 e. The number of hydrogen-bond acceptors (Lipinski definition) is 3. The second kappa shape index (κ2) is 8.01. The second-order valence-corrected chi connectivity index (χ2v) is 11.5. The van der Waals surface area contributed by atoms with Gasteiger partial charge in [0, 0.05) is 25.2 Å². The molecule has 5 rings (SSSR count). The van der Waals surface area contributed by atoms with E-state index in [0.29, 0.717) is 41.8 Å². The lowest BCUT2D eigenvalue weighted by Gasteiger charge is -2.58.